The van der Waals surface area contributed by atoms with Gasteiger partial charge in [0.25, 0.3) is 0 Å². The summed E-state index contributed by atoms with van der Waals surface area (Å²) < 4.78 is 6.88. The Balaban J connectivity index is 0.000000924. The molecule has 120 valence electrons. The summed E-state index contributed by atoms with van der Waals surface area (Å²) in [7, 11) is 1.38. The number of hydrogen-bond donors (Lipinski definition) is 0. The maximum Gasteiger partial charge on any atom is 0.337 e. The van der Waals surface area contributed by atoms with Crippen LogP contribution in [-0.4, -0.2) is 17.6 Å². The van der Waals surface area contributed by atoms with Gasteiger partial charge in [0.05, 0.1) is 18.2 Å². The Kier molecular flexibility index (Phi) is 5.45. The fourth-order valence-corrected chi connectivity index (χ4v) is 2.64. The normalized spacial score (nSPS) is 10.1. The second-order valence-electron chi connectivity index (χ2n) is 4.86. The van der Waals surface area contributed by atoms with Crippen LogP contribution in [0.2, 0.25) is 5.02 Å². The number of carbonyl (C=O) groups excluding carboxylic acids is 1. The van der Waals surface area contributed by atoms with Gasteiger partial charge in [0, 0.05) is 21.8 Å². The molecule has 0 atom stereocenters. The highest BCUT2D eigenvalue weighted by atomic mass is 35.5. The number of carbonyl (C=O) groups is 1. The SMILES string of the molecule is CC.COC(=O)c1ccc2cc(C)n(-c3ccc(Cl)cc3)c2c1. The number of halogens is 1. The zero-order valence-electron chi connectivity index (χ0n) is 13.8. The minimum absolute atomic E-state index is 0.335. The molecule has 0 radical (unpaired) electrons. The van der Waals surface area contributed by atoms with Crippen LogP contribution in [0.15, 0.2) is 48.5 Å². The predicted molar refractivity (Wildman–Crippen MR) is 95.7 cm³/mol. The molecule has 0 aliphatic carbocycles. The van der Waals surface area contributed by atoms with Crippen molar-refractivity contribution in [2.45, 2.75) is 20.8 Å². The number of nitrogens with zero attached hydrogens (tertiary/aromatic N) is 1. The summed E-state index contributed by atoms with van der Waals surface area (Å²) in [6, 6.07) is 15.3. The summed E-state index contributed by atoms with van der Waals surface area (Å²) in [5.74, 6) is -0.335. The Hall–Kier alpha value is -2.26. The monoisotopic (exact) mass is 329 g/mol. The number of benzene rings is 2. The molecule has 1 heterocycles. The molecule has 1 aromatic heterocycles. The summed E-state index contributed by atoms with van der Waals surface area (Å²) in [4.78, 5) is 11.7. The quantitative estimate of drug-likeness (QED) is 0.589. The number of methoxy groups -OCH3 is 1. The van der Waals surface area contributed by atoms with E-state index in [-0.39, 0.29) is 5.97 Å². The molecule has 0 aliphatic rings. The molecule has 3 rings (SSSR count). The summed E-state index contributed by atoms with van der Waals surface area (Å²) in [5.41, 5.74) is 3.61. The Morgan fingerprint density at radius 1 is 1.04 bits per heavy atom. The Morgan fingerprint density at radius 2 is 1.70 bits per heavy atom. The third-order valence-corrected chi connectivity index (χ3v) is 3.75. The van der Waals surface area contributed by atoms with Crippen molar-refractivity contribution in [3.63, 3.8) is 0 Å². The molecule has 23 heavy (non-hydrogen) atoms. The van der Waals surface area contributed by atoms with Crippen LogP contribution in [0.5, 0.6) is 0 Å². The smallest absolute Gasteiger partial charge is 0.337 e. The van der Waals surface area contributed by atoms with E-state index in [9.17, 15) is 4.79 Å². The fourth-order valence-electron chi connectivity index (χ4n) is 2.52. The highest BCUT2D eigenvalue weighted by Crippen LogP contribution is 2.26. The van der Waals surface area contributed by atoms with Gasteiger partial charge in [-0.2, -0.15) is 0 Å². The number of hydrogen-bond acceptors (Lipinski definition) is 2. The summed E-state index contributed by atoms with van der Waals surface area (Å²) >= 11 is 5.95. The number of fused-ring (bicyclic) bond motifs is 1. The number of aromatic nitrogens is 1. The molecule has 0 saturated heterocycles. The highest BCUT2D eigenvalue weighted by Gasteiger charge is 2.11. The first-order valence-corrected chi connectivity index (χ1v) is 7.94. The minimum atomic E-state index is -0.335. The third kappa shape index (κ3) is 3.40. The molecule has 3 nitrogen and oxygen atoms in total. The van der Waals surface area contributed by atoms with Crippen LogP contribution in [0.25, 0.3) is 16.6 Å². The molecule has 0 fully saturated rings. The van der Waals surface area contributed by atoms with Crippen molar-refractivity contribution >= 4 is 28.5 Å². The summed E-state index contributed by atoms with van der Waals surface area (Å²) in [5, 5.41) is 1.78. The van der Waals surface area contributed by atoms with E-state index in [1.165, 1.54) is 7.11 Å². The van der Waals surface area contributed by atoms with Gasteiger partial charge in [0.2, 0.25) is 0 Å². The molecule has 0 unspecified atom stereocenters. The third-order valence-electron chi connectivity index (χ3n) is 3.49. The Morgan fingerprint density at radius 3 is 2.30 bits per heavy atom. The first-order valence-electron chi connectivity index (χ1n) is 7.56. The van der Waals surface area contributed by atoms with Crippen molar-refractivity contribution < 1.29 is 9.53 Å². The fraction of sp³-hybridized carbons (Fsp3) is 0.211. The molecule has 0 bridgehead atoms. The van der Waals surface area contributed by atoms with Crippen LogP contribution in [0.4, 0.5) is 0 Å². The molecule has 4 heteroatoms. The molecule has 0 spiro atoms. The lowest BCUT2D eigenvalue weighted by Gasteiger charge is -2.09. The van der Waals surface area contributed by atoms with E-state index in [0.717, 1.165) is 22.3 Å². The average molecular weight is 330 g/mol. The number of rotatable bonds is 2. The van der Waals surface area contributed by atoms with Crippen molar-refractivity contribution in [3.8, 4) is 5.69 Å². The van der Waals surface area contributed by atoms with E-state index in [1.807, 2.05) is 57.2 Å². The highest BCUT2D eigenvalue weighted by molar-refractivity contribution is 6.30. The van der Waals surface area contributed by atoms with Crippen LogP contribution in [-0.2, 0) is 4.74 Å². The maximum absolute atomic E-state index is 11.7. The zero-order chi connectivity index (χ0) is 17.0. The van der Waals surface area contributed by atoms with Crippen LogP contribution in [0.1, 0.15) is 29.9 Å². The van der Waals surface area contributed by atoms with Crippen molar-refractivity contribution in [2.75, 3.05) is 7.11 Å². The maximum atomic E-state index is 11.7. The number of ether oxygens (including phenoxy) is 1. The zero-order valence-corrected chi connectivity index (χ0v) is 14.5. The van der Waals surface area contributed by atoms with Gasteiger partial charge in [-0.25, -0.2) is 4.79 Å². The van der Waals surface area contributed by atoms with E-state index in [2.05, 4.69) is 10.6 Å². The average Bonchev–Trinajstić information content (AvgIpc) is 2.91. The van der Waals surface area contributed by atoms with Crippen molar-refractivity contribution in [3.05, 3.63) is 64.8 Å². The second kappa shape index (κ2) is 7.34. The molecular formula is C19H20ClNO2. The lowest BCUT2D eigenvalue weighted by atomic mass is 10.1. The van der Waals surface area contributed by atoms with Crippen molar-refractivity contribution in [2.24, 2.45) is 0 Å². The van der Waals surface area contributed by atoms with E-state index in [0.29, 0.717) is 10.6 Å². The number of aryl methyl sites for hydroxylation is 1. The van der Waals surface area contributed by atoms with Gasteiger partial charge >= 0.3 is 5.97 Å². The van der Waals surface area contributed by atoms with Crippen LogP contribution in [0, 0.1) is 6.92 Å². The Bertz CT molecular complexity index is 819. The first-order chi connectivity index (χ1) is 11.1. The molecular weight excluding hydrogens is 310 g/mol. The van der Waals surface area contributed by atoms with Crippen LogP contribution >= 0.6 is 11.6 Å². The topological polar surface area (TPSA) is 31.2 Å². The molecule has 0 N–H and O–H groups in total. The van der Waals surface area contributed by atoms with Crippen LogP contribution in [0.3, 0.4) is 0 Å². The lowest BCUT2D eigenvalue weighted by molar-refractivity contribution is 0.0601. The van der Waals surface area contributed by atoms with Crippen molar-refractivity contribution in [1.82, 2.24) is 4.57 Å². The molecule has 3 aromatic rings. The first kappa shape index (κ1) is 17.1. The van der Waals surface area contributed by atoms with E-state index in [1.54, 1.807) is 6.07 Å². The molecule has 0 amide bonds. The minimum Gasteiger partial charge on any atom is -0.465 e. The van der Waals surface area contributed by atoms with E-state index in [4.69, 9.17) is 16.3 Å². The summed E-state index contributed by atoms with van der Waals surface area (Å²) in [6.45, 7) is 6.03. The van der Waals surface area contributed by atoms with Crippen LogP contribution < -0.4 is 0 Å². The predicted octanol–water partition coefficient (Wildman–Crippen LogP) is 5.41. The molecule has 0 saturated carbocycles. The number of esters is 1. The van der Waals surface area contributed by atoms with Gasteiger partial charge in [-0.3, -0.25) is 0 Å². The van der Waals surface area contributed by atoms with Gasteiger partial charge in [-0.15, -0.1) is 0 Å². The standard InChI is InChI=1S/C17H14ClNO2.C2H6/c1-11-9-12-3-4-13(17(20)21-2)10-16(12)19(11)15-7-5-14(18)6-8-15;1-2/h3-10H,1-2H3;1-2H3. The molecule has 0 aliphatic heterocycles. The van der Waals surface area contributed by atoms with Gasteiger partial charge in [-0.1, -0.05) is 31.5 Å². The molecule has 2 aromatic carbocycles. The summed E-state index contributed by atoms with van der Waals surface area (Å²) in [6.07, 6.45) is 0. The second-order valence-corrected chi connectivity index (χ2v) is 5.30. The van der Waals surface area contributed by atoms with E-state index < -0.39 is 0 Å². The van der Waals surface area contributed by atoms with Gasteiger partial charge in [0.15, 0.2) is 0 Å². The van der Waals surface area contributed by atoms with E-state index >= 15 is 0 Å². The lowest BCUT2D eigenvalue weighted by Crippen LogP contribution is -2.02. The largest absolute Gasteiger partial charge is 0.465 e. The Labute approximate surface area is 141 Å². The van der Waals surface area contributed by atoms with Gasteiger partial charge in [-0.05, 0) is 49.4 Å². The van der Waals surface area contributed by atoms with Crippen molar-refractivity contribution in [1.29, 1.82) is 0 Å². The van der Waals surface area contributed by atoms with Gasteiger partial charge in [0.1, 0.15) is 0 Å². The van der Waals surface area contributed by atoms with Gasteiger partial charge < -0.3 is 9.30 Å².